The average molecular weight is 577 g/mol. The summed E-state index contributed by atoms with van der Waals surface area (Å²) in [7, 11) is 0. The van der Waals surface area contributed by atoms with Crippen molar-refractivity contribution in [3.05, 3.63) is 157 Å². The molecule has 212 valence electrons. The van der Waals surface area contributed by atoms with Gasteiger partial charge in [-0.2, -0.15) is 0 Å². The van der Waals surface area contributed by atoms with Gasteiger partial charge in [0.05, 0.1) is 28.1 Å². The lowest BCUT2D eigenvalue weighted by Crippen LogP contribution is -1.98. The summed E-state index contributed by atoms with van der Waals surface area (Å²) in [5.74, 6) is 0.696. The molecule has 3 heterocycles. The van der Waals surface area contributed by atoms with Crippen LogP contribution in [0.5, 0.6) is 0 Å². The monoisotopic (exact) mass is 576 g/mol. The molecule has 0 amide bonds. The number of fused-ring (bicyclic) bond motifs is 3. The van der Waals surface area contributed by atoms with Gasteiger partial charge in [0.25, 0.3) is 0 Å². The number of hydrogen-bond donors (Lipinski definition) is 0. The molecule has 8 aromatic rings. The van der Waals surface area contributed by atoms with Crippen LogP contribution in [0.15, 0.2) is 152 Å². The van der Waals surface area contributed by atoms with Gasteiger partial charge in [-0.3, -0.25) is 4.98 Å². The second-order valence-corrected chi connectivity index (χ2v) is 11.1. The first-order valence-electron chi connectivity index (χ1n) is 15.1. The summed E-state index contributed by atoms with van der Waals surface area (Å²) < 4.78 is 0. The quantitative estimate of drug-likeness (QED) is 0.191. The largest absolute Gasteiger partial charge is 0.251 e. The zero-order chi connectivity index (χ0) is 30.2. The summed E-state index contributed by atoms with van der Waals surface area (Å²) in [6, 6.07) is 52.1. The zero-order valence-corrected chi connectivity index (χ0v) is 24.7. The smallest absolute Gasteiger partial charge is 0.160 e. The normalized spacial score (nSPS) is 11.2. The van der Waals surface area contributed by atoms with Crippen molar-refractivity contribution in [2.24, 2.45) is 0 Å². The van der Waals surface area contributed by atoms with E-state index in [0.29, 0.717) is 5.82 Å². The molecule has 45 heavy (non-hydrogen) atoms. The molecule has 0 saturated carbocycles. The Morgan fingerprint density at radius 3 is 1.67 bits per heavy atom. The van der Waals surface area contributed by atoms with Crippen molar-refractivity contribution < 1.29 is 0 Å². The number of aryl methyl sites for hydroxylation is 1. The van der Waals surface area contributed by atoms with Gasteiger partial charge in [-0.1, -0.05) is 133 Å². The molecule has 4 nitrogen and oxygen atoms in total. The third kappa shape index (κ3) is 5.02. The first-order chi connectivity index (χ1) is 22.2. The van der Waals surface area contributed by atoms with Crippen LogP contribution in [-0.4, -0.2) is 19.9 Å². The molecular formula is C41H28N4. The van der Waals surface area contributed by atoms with E-state index in [2.05, 4.69) is 104 Å². The molecule has 0 aliphatic rings. The number of pyridine rings is 2. The number of nitrogens with zero attached hydrogens (tertiary/aromatic N) is 4. The molecule has 3 aromatic heterocycles. The van der Waals surface area contributed by atoms with Crippen LogP contribution in [0, 0.1) is 6.92 Å². The predicted octanol–water partition coefficient (Wildman–Crippen LogP) is 10.2. The highest BCUT2D eigenvalue weighted by Gasteiger charge is 2.17. The fourth-order valence-electron chi connectivity index (χ4n) is 5.99. The van der Waals surface area contributed by atoms with E-state index in [-0.39, 0.29) is 0 Å². The molecule has 8 rings (SSSR count). The summed E-state index contributed by atoms with van der Waals surface area (Å²) in [6.45, 7) is 2.05. The van der Waals surface area contributed by atoms with Gasteiger partial charge in [0.2, 0.25) is 0 Å². The summed E-state index contributed by atoms with van der Waals surface area (Å²) in [5, 5.41) is 2.12. The maximum Gasteiger partial charge on any atom is 0.160 e. The maximum absolute atomic E-state index is 5.14. The number of hydrogen-bond acceptors (Lipinski definition) is 4. The van der Waals surface area contributed by atoms with Crippen molar-refractivity contribution in [3.8, 4) is 56.3 Å². The third-order valence-electron chi connectivity index (χ3n) is 8.16. The Hall–Kier alpha value is -6.00. The van der Waals surface area contributed by atoms with Gasteiger partial charge < -0.3 is 0 Å². The summed E-state index contributed by atoms with van der Waals surface area (Å²) >= 11 is 0. The van der Waals surface area contributed by atoms with E-state index in [0.717, 1.165) is 78.0 Å². The molecule has 0 aliphatic carbocycles. The standard InChI is InChI=1S/C41H28N4/c1-27-25-35(34-23-21-30-22-24-36(28-13-5-2-6-14-28)43-39(30)40(34)42-27)32-19-11-12-20-33(32)38-26-37(29-15-7-3-8-16-29)44-41(45-38)31-17-9-4-10-18-31/h2-26H,1H3. The first kappa shape index (κ1) is 26.6. The van der Waals surface area contributed by atoms with E-state index < -0.39 is 0 Å². The molecule has 0 N–H and O–H groups in total. The molecule has 0 bridgehead atoms. The highest BCUT2D eigenvalue weighted by molar-refractivity contribution is 6.10. The van der Waals surface area contributed by atoms with Gasteiger partial charge in [0, 0.05) is 38.7 Å². The van der Waals surface area contributed by atoms with Crippen molar-refractivity contribution in [2.45, 2.75) is 6.92 Å². The number of rotatable bonds is 5. The van der Waals surface area contributed by atoms with E-state index >= 15 is 0 Å². The van der Waals surface area contributed by atoms with Gasteiger partial charge in [-0.05, 0) is 36.2 Å². The van der Waals surface area contributed by atoms with E-state index in [9.17, 15) is 0 Å². The molecule has 0 unspecified atom stereocenters. The maximum atomic E-state index is 5.14. The second-order valence-electron chi connectivity index (χ2n) is 11.1. The molecule has 0 aliphatic heterocycles. The number of aromatic nitrogens is 4. The molecule has 4 heteroatoms. The van der Waals surface area contributed by atoms with Crippen LogP contribution in [0.1, 0.15) is 5.69 Å². The van der Waals surface area contributed by atoms with Crippen LogP contribution in [-0.2, 0) is 0 Å². The van der Waals surface area contributed by atoms with Crippen molar-refractivity contribution in [1.29, 1.82) is 0 Å². The summed E-state index contributed by atoms with van der Waals surface area (Å²) in [6.07, 6.45) is 0. The van der Waals surface area contributed by atoms with Crippen molar-refractivity contribution in [3.63, 3.8) is 0 Å². The highest BCUT2D eigenvalue weighted by atomic mass is 14.9. The Morgan fingerprint density at radius 2 is 0.956 bits per heavy atom. The minimum Gasteiger partial charge on any atom is -0.251 e. The molecule has 0 spiro atoms. The van der Waals surface area contributed by atoms with E-state index in [4.69, 9.17) is 19.9 Å². The van der Waals surface area contributed by atoms with Crippen LogP contribution in [0.25, 0.3) is 78.1 Å². The lowest BCUT2D eigenvalue weighted by atomic mass is 9.93. The van der Waals surface area contributed by atoms with Crippen LogP contribution in [0.2, 0.25) is 0 Å². The van der Waals surface area contributed by atoms with Crippen LogP contribution in [0.3, 0.4) is 0 Å². The summed E-state index contributed by atoms with van der Waals surface area (Å²) in [4.78, 5) is 20.3. The Morgan fingerprint density at radius 1 is 0.378 bits per heavy atom. The van der Waals surface area contributed by atoms with E-state index in [1.54, 1.807) is 0 Å². The summed E-state index contributed by atoms with van der Waals surface area (Å²) in [5.41, 5.74) is 11.7. The molecule has 0 atom stereocenters. The Bertz CT molecular complexity index is 2260. The number of benzene rings is 5. The molecule has 0 radical (unpaired) electrons. The van der Waals surface area contributed by atoms with Gasteiger partial charge >= 0.3 is 0 Å². The Labute approximate surface area is 261 Å². The molecule has 0 saturated heterocycles. The first-order valence-corrected chi connectivity index (χ1v) is 15.1. The fraction of sp³-hybridized carbons (Fsp3) is 0.0244. The average Bonchev–Trinajstić information content (AvgIpc) is 3.12. The van der Waals surface area contributed by atoms with Gasteiger partial charge in [-0.25, -0.2) is 15.0 Å². The topological polar surface area (TPSA) is 51.6 Å². The van der Waals surface area contributed by atoms with Gasteiger partial charge in [0.1, 0.15) is 0 Å². The minimum atomic E-state index is 0.696. The fourth-order valence-corrected chi connectivity index (χ4v) is 5.99. The predicted molar refractivity (Wildman–Crippen MR) is 185 cm³/mol. The molecule has 5 aromatic carbocycles. The van der Waals surface area contributed by atoms with Crippen LogP contribution < -0.4 is 0 Å². The SMILES string of the molecule is Cc1cc(-c2ccccc2-c2cc(-c3ccccc3)nc(-c3ccccc3)n2)c2ccc3ccc(-c4ccccc4)nc3c2n1. The van der Waals surface area contributed by atoms with Crippen molar-refractivity contribution in [2.75, 3.05) is 0 Å². The zero-order valence-electron chi connectivity index (χ0n) is 24.7. The van der Waals surface area contributed by atoms with E-state index in [1.807, 2.05) is 54.6 Å². The van der Waals surface area contributed by atoms with Gasteiger partial charge in [-0.15, -0.1) is 0 Å². The van der Waals surface area contributed by atoms with Crippen LogP contribution >= 0.6 is 0 Å². The third-order valence-corrected chi connectivity index (χ3v) is 8.16. The van der Waals surface area contributed by atoms with Crippen molar-refractivity contribution in [1.82, 2.24) is 19.9 Å². The van der Waals surface area contributed by atoms with Gasteiger partial charge in [0.15, 0.2) is 5.82 Å². The minimum absolute atomic E-state index is 0.696. The van der Waals surface area contributed by atoms with E-state index in [1.165, 1.54) is 0 Å². The molecular weight excluding hydrogens is 548 g/mol. The Kier molecular flexibility index (Phi) is 6.65. The van der Waals surface area contributed by atoms with Crippen LogP contribution in [0.4, 0.5) is 0 Å². The second kappa shape index (κ2) is 11.3. The lowest BCUT2D eigenvalue weighted by Gasteiger charge is -2.15. The van der Waals surface area contributed by atoms with Crippen molar-refractivity contribution >= 4 is 21.8 Å². The highest BCUT2D eigenvalue weighted by Crippen LogP contribution is 2.39. The lowest BCUT2D eigenvalue weighted by molar-refractivity contribution is 1.18. The molecule has 0 fully saturated rings. The Balaban J connectivity index is 1.35.